The lowest BCUT2D eigenvalue weighted by atomic mass is 10.1. The topological polar surface area (TPSA) is 63.6 Å². The van der Waals surface area contributed by atoms with Crippen molar-refractivity contribution in [2.24, 2.45) is 5.92 Å². The van der Waals surface area contributed by atoms with E-state index in [1.807, 2.05) is 0 Å². The third kappa shape index (κ3) is 3.53. The summed E-state index contributed by atoms with van der Waals surface area (Å²) in [6.45, 7) is 5.55. The predicted molar refractivity (Wildman–Crippen MR) is 80.1 cm³/mol. The maximum Gasteiger partial charge on any atom is 0.231 e. The van der Waals surface area contributed by atoms with Crippen LogP contribution in [-0.2, 0) is 9.47 Å². The fourth-order valence-corrected chi connectivity index (χ4v) is 2.91. The van der Waals surface area contributed by atoms with E-state index in [1.165, 1.54) is 0 Å². The molecule has 0 aromatic carbocycles. The second-order valence-corrected chi connectivity index (χ2v) is 5.70. The minimum Gasteiger partial charge on any atom is -0.384 e. The molecule has 3 heterocycles. The van der Waals surface area contributed by atoms with Gasteiger partial charge in [0, 0.05) is 39.2 Å². The summed E-state index contributed by atoms with van der Waals surface area (Å²) in [5.41, 5.74) is 0. The third-order valence-electron chi connectivity index (χ3n) is 3.85. The fraction of sp³-hybridized carbons (Fsp3) is 0.769. The average Bonchev–Trinajstić information content (AvgIpc) is 2.97. The van der Waals surface area contributed by atoms with Crippen LogP contribution >= 0.6 is 11.6 Å². The third-order valence-corrected chi connectivity index (χ3v) is 4.02. The molecule has 1 unspecified atom stereocenters. The van der Waals surface area contributed by atoms with Crippen molar-refractivity contribution in [3.05, 3.63) is 5.28 Å². The molecule has 8 heteroatoms. The van der Waals surface area contributed by atoms with E-state index >= 15 is 0 Å². The summed E-state index contributed by atoms with van der Waals surface area (Å²) < 4.78 is 10.6. The highest BCUT2D eigenvalue weighted by molar-refractivity contribution is 6.28. The van der Waals surface area contributed by atoms with Crippen molar-refractivity contribution in [1.82, 2.24) is 15.0 Å². The highest BCUT2D eigenvalue weighted by Gasteiger charge is 2.26. The number of aromatic nitrogens is 3. The highest BCUT2D eigenvalue weighted by Crippen LogP contribution is 2.23. The van der Waals surface area contributed by atoms with Gasteiger partial charge >= 0.3 is 0 Å². The van der Waals surface area contributed by atoms with Gasteiger partial charge in [0.1, 0.15) is 0 Å². The molecule has 21 heavy (non-hydrogen) atoms. The fourth-order valence-electron chi connectivity index (χ4n) is 2.76. The van der Waals surface area contributed by atoms with Gasteiger partial charge in [-0.3, -0.25) is 0 Å². The number of morpholine rings is 1. The largest absolute Gasteiger partial charge is 0.384 e. The lowest BCUT2D eigenvalue weighted by Crippen LogP contribution is -2.38. The number of ether oxygens (including phenoxy) is 2. The van der Waals surface area contributed by atoms with Crippen LogP contribution < -0.4 is 9.80 Å². The SMILES string of the molecule is COCC1CCN(c2nc(Cl)nc(N3CCOCC3)n2)C1. The average molecular weight is 314 g/mol. The van der Waals surface area contributed by atoms with Crippen LogP contribution in [0.5, 0.6) is 0 Å². The zero-order valence-corrected chi connectivity index (χ0v) is 12.9. The molecular weight excluding hydrogens is 294 g/mol. The van der Waals surface area contributed by atoms with Crippen LogP contribution in [0, 0.1) is 5.92 Å². The zero-order valence-electron chi connectivity index (χ0n) is 12.2. The number of halogens is 1. The van der Waals surface area contributed by atoms with E-state index in [0.29, 0.717) is 31.0 Å². The van der Waals surface area contributed by atoms with Crippen LogP contribution in [0.4, 0.5) is 11.9 Å². The monoisotopic (exact) mass is 313 g/mol. The van der Waals surface area contributed by atoms with Gasteiger partial charge in [0.15, 0.2) is 0 Å². The summed E-state index contributed by atoms with van der Waals surface area (Å²) in [5.74, 6) is 1.83. The lowest BCUT2D eigenvalue weighted by Gasteiger charge is -2.27. The molecule has 0 amide bonds. The number of nitrogens with zero attached hydrogens (tertiary/aromatic N) is 5. The van der Waals surface area contributed by atoms with E-state index < -0.39 is 0 Å². The van der Waals surface area contributed by atoms with E-state index in [4.69, 9.17) is 21.1 Å². The summed E-state index contributed by atoms with van der Waals surface area (Å²) in [4.78, 5) is 17.3. The Bertz CT molecular complexity index is 484. The Hall–Kier alpha value is -1.18. The standard InChI is InChI=1S/C13H20ClN5O2/c1-20-9-10-2-3-19(8-10)13-16-11(14)15-12(17-13)18-4-6-21-7-5-18/h10H,2-9H2,1H3. The lowest BCUT2D eigenvalue weighted by molar-refractivity contribution is 0.122. The molecule has 2 saturated heterocycles. The molecular formula is C13H20ClN5O2. The molecule has 0 saturated carbocycles. The van der Waals surface area contributed by atoms with Crippen LogP contribution in [-0.4, -0.2) is 68.1 Å². The molecule has 0 spiro atoms. The van der Waals surface area contributed by atoms with Crippen LogP contribution in [0.2, 0.25) is 5.28 Å². The maximum absolute atomic E-state index is 6.07. The second-order valence-electron chi connectivity index (χ2n) is 5.36. The normalized spacial score (nSPS) is 22.9. The van der Waals surface area contributed by atoms with Crippen molar-refractivity contribution >= 4 is 23.5 Å². The Morgan fingerprint density at radius 2 is 1.86 bits per heavy atom. The quantitative estimate of drug-likeness (QED) is 0.816. The first kappa shape index (κ1) is 14.7. The number of hydrogen-bond acceptors (Lipinski definition) is 7. The van der Waals surface area contributed by atoms with Gasteiger partial charge in [0.2, 0.25) is 17.2 Å². The van der Waals surface area contributed by atoms with Gasteiger partial charge in [-0.05, 0) is 18.0 Å². The second kappa shape index (κ2) is 6.72. The Kier molecular flexibility index (Phi) is 4.72. The number of hydrogen-bond donors (Lipinski definition) is 0. The van der Waals surface area contributed by atoms with Crippen molar-refractivity contribution in [3.63, 3.8) is 0 Å². The Labute approximate surface area is 129 Å². The van der Waals surface area contributed by atoms with Crippen molar-refractivity contribution in [2.75, 3.05) is 62.9 Å². The summed E-state index contributed by atoms with van der Waals surface area (Å²) in [6.07, 6.45) is 1.09. The molecule has 116 valence electrons. The smallest absolute Gasteiger partial charge is 0.231 e. The molecule has 3 rings (SSSR count). The van der Waals surface area contributed by atoms with E-state index in [0.717, 1.165) is 39.2 Å². The minimum atomic E-state index is 0.247. The van der Waals surface area contributed by atoms with Crippen molar-refractivity contribution in [3.8, 4) is 0 Å². The summed E-state index contributed by atoms with van der Waals surface area (Å²) in [6, 6.07) is 0. The minimum absolute atomic E-state index is 0.247. The van der Waals surface area contributed by atoms with E-state index in [9.17, 15) is 0 Å². The Morgan fingerprint density at radius 1 is 1.14 bits per heavy atom. The zero-order chi connectivity index (χ0) is 14.7. The molecule has 0 radical (unpaired) electrons. The van der Waals surface area contributed by atoms with E-state index in [2.05, 4.69) is 24.8 Å². The van der Waals surface area contributed by atoms with Crippen LogP contribution in [0.1, 0.15) is 6.42 Å². The summed E-state index contributed by atoms with van der Waals surface area (Å²) in [5, 5.41) is 0.247. The van der Waals surface area contributed by atoms with Gasteiger partial charge in [-0.2, -0.15) is 15.0 Å². The molecule has 2 fully saturated rings. The molecule has 7 nitrogen and oxygen atoms in total. The van der Waals surface area contributed by atoms with Gasteiger partial charge in [0.25, 0.3) is 0 Å². The Balaban J connectivity index is 1.75. The molecule has 1 atom stereocenters. The highest BCUT2D eigenvalue weighted by atomic mass is 35.5. The molecule has 1 aromatic heterocycles. The van der Waals surface area contributed by atoms with Crippen LogP contribution in [0.15, 0.2) is 0 Å². The van der Waals surface area contributed by atoms with Gasteiger partial charge in [-0.1, -0.05) is 0 Å². The number of rotatable bonds is 4. The van der Waals surface area contributed by atoms with E-state index in [1.54, 1.807) is 7.11 Å². The van der Waals surface area contributed by atoms with Gasteiger partial charge in [0.05, 0.1) is 19.8 Å². The first-order valence-electron chi connectivity index (χ1n) is 7.24. The molecule has 0 N–H and O–H groups in total. The molecule has 1 aromatic rings. The van der Waals surface area contributed by atoms with Crippen LogP contribution in [0.25, 0.3) is 0 Å². The number of anilines is 2. The van der Waals surface area contributed by atoms with Gasteiger partial charge in [-0.15, -0.1) is 0 Å². The van der Waals surface area contributed by atoms with Crippen molar-refractivity contribution in [1.29, 1.82) is 0 Å². The van der Waals surface area contributed by atoms with E-state index in [-0.39, 0.29) is 5.28 Å². The maximum atomic E-state index is 6.07. The van der Waals surface area contributed by atoms with Crippen LogP contribution in [0.3, 0.4) is 0 Å². The summed E-state index contributed by atoms with van der Waals surface area (Å²) >= 11 is 6.07. The first-order chi connectivity index (χ1) is 10.3. The van der Waals surface area contributed by atoms with Crippen molar-refractivity contribution in [2.45, 2.75) is 6.42 Å². The first-order valence-corrected chi connectivity index (χ1v) is 7.62. The summed E-state index contributed by atoms with van der Waals surface area (Å²) in [7, 11) is 1.74. The molecule has 2 aliphatic rings. The molecule has 2 aliphatic heterocycles. The predicted octanol–water partition coefficient (Wildman–Crippen LogP) is 0.834. The number of methoxy groups -OCH3 is 1. The van der Waals surface area contributed by atoms with Gasteiger partial charge < -0.3 is 19.3 Å². The Morgan fingerprint density at radius 3 is 2.57 bits per heavy atom. The van der Waals surface area contributed by atoms with Crippen molar-refractivity contribution < 1.29 is 9.47 Å². The molecule has 0 aliphatic carbocycles. The van der Waals surface area contributed by atoms with Gasteiger partial charge in [-0.25, -0.2) is 0 Å². The molecule has 0 bridgehead atoms.